The highest BCUT2D eigenvalue weighted by Crippen LogP contribution is 2.44. The molecule has 1 aliphatic carbocycles. The molecule has 156 valence electrons. The number of carbonyl (C=O) groups excluding carboxylic acids is 1. The maximum atomic E-state index is 12.6. The first kappa shape index (κ1) is 20.5. The molecule has 2 aromatic carbocycles. The standard InChI is InChI=1S/C24H25ClN2O3/c1-29-19-10-6-16(7-11-19)14-18-4-3-5-21-23(18)26-27(22(28)15-25)24(21)17-8-12-20(30-2)13-9-17/h6-14,21,24H,3-5,15H2,1-2H3/b18-14-/t21-,24-/m1/s1. The summed E-state index contributed by atoms with van der Waals surface area (Å²) in [7, 11) is 3.31. The van der Waals surface area contributed by atoms with Crippen LogP contribution in [0.15, 0.2) is 59.2 Å². The molecule has 0 spiro atoms. The quantitative estimate of drug-likeness (QED) is 0.630. The molecule has 0 unspecified atom stereocenters. The number of hydrazone groups is 1. The van der Waals surface area contributed by atoms with Crippen LogP contribution < -0.4 is 9.47 Å². The van der Waals surface area contributed by atoms with Crippen LogP contribution in [-0.4, -0.2) is 36.7 Å². The predicted molar refractivity (Wildman–Crippen MR) is 119 cm³/mol. The molecule has 2 aromatic rings. The fourth-order valence-electron chi connectivity index (χ4n) is 4.30. The third kappa shape index (κ3) is 3.94. The molecule has 2 atom stereocenters. The molecule has 6 heteroatoms. The van der Waals surface area contributed by atoms with Gasteiger partial charge in [-0.05, 0) is 66.3 Å². The number of halogens is 1. The van der Waals surface area contributed by atoms with Crippen molar-refractivity contribution in [1.29, 1.82) is 0 Å². The van der Waals surface area contributed by atoms with E-state index in [4.69, 9.17) is 26.2 Å². The van der Waals surface area contributed by atoms with Gasteiger partial charge in [-0.15, -0.1) is 11.6 Å². The van der Waals surface area contributed by atoms with Gasteiger partial charge in [0.2, 0.25) is 0 Å². The number of benzene rings is 2. The summed E-state index contributed by atoms with van der Waals surface area (Å²) in [5, 5.41) is 6.37. The Labute approximate surface area is 181 Å². The maximum absolute atomic E-state index is 12.6. The van der Waals surface area contributed by atoms with Gasteiger partial charge in [-0.2, -0.15) is 5.10 Å². The smallest absolute Gasteiger partial charge is 0.258 e. The van der Waals surface area contributed by atoms with E-state index in [1.165, 1.54) is 5.57 Å². The lowest BCUT2D eigenvalue weighted by molar-refractivity contribution is -0.130. The second kappa shape index (κ2) is 8.92. The van der Waals surface area contributed by atoms with Gasteiger partial charge in [-0.3, -0.25) is 4.79 Å². The van der Waals surface area contributed by atoms with Gasteiger partial charge in [0, 0.05) is 5.92 Å². The summed E-state index contributed by atoms with van der Waals surface area (Å²) in [4.78, 5) is 12.6. The number of nitrogens with zero attached hydrogens (tertiary/aromatic N) is 2. The number of hydrogen-bond donors (Lipinski definition) is 0. The van der Waals surface area contributed by atoms with Crippen molar-refractivity contribution in [3.63, 3.8) is 0 Å². The number of amides is 1. The van der Waals surface area contributed by atoms with Gasteiger partial charge in [-0.25, -0.2) is 5.01 Å². The van der Waals surface area contributed by atoms with Crippen molar-refractivity contribution in [2.45, 2.75) is 25.3 Å². The first-order valence-corrected chi connectivity index (χ1v) is 10.6. The van der Waals surface area contributed by atoms with Crippen LogP contribution in [-0.2, 0) is 4.79 Å². The molecule has 1 aliphatic heterocycles. The van der Waals surface area contributed by atoms with E-state index in [2.05, 4.69) is 6.08 Å². The molecule has 0 N–H and O–H groups in total. The van der Waals surface area contributed by atoms with E-state index in [1.54, 1.807) is 19.2 Å². The average Bonchev–Trinajstić information content (AvgIpc) is 3.20. The van der Waals surface area contributed by atoms with Crippen molar-refractivity contribution in [1.82, 2.24) is 5.01 Å². The average molecular weight is 425 g/mol. The van der Waals surface area contributed by atoms with E-state index in [0.717, 1.165) is 47.6 Å². The summed E-state index contributed by atoms with van der Waals surface area (Å²) < 4.78 is 10.5. The molecule has 0 bridgehead atoms. The molecule has 1 heterocycles. The van der Waals surface area contributed by atoms with Crippen molar-refractivity contribution in [2.24, 2.45) is 11.0 Å². The summed E-state index contributed by atoms with van der Waals surface area (Å²) >= 11 is 5.92. The van der Waals surface area contributed by atoms with Crippen molar-refractivity contribution in [2.75, 3.05) is 20.1 Å². The van der Waals surface area contributed by atoms with Gasteiger partial charge in [0.15, 0.2) is 0 Å². The number of allylic oxidation sites excluding steroid dienone is 1. The SMILES string of the molecule is COc1ccc(/C=C2/CCC[C@@H]3C2=NN(C(=O)CCl)[C@@H]3c2ccc(OC)cc2)cc1. The summed E-state index contributed by atoms with van der Waals surface area (Å²) in [6.45, 7) is 0. The van der Waals surface area contributed by atoms with Crippen molar-refractivity contribution in [3.05, 3.63) is 65.2 Å². The van der Waals surface area contributed by atoms with Gasteiger partial charge in [0.25, 0.3) is 5.91 Å². The van der Waals surface area contributed by atoms with E-state index in [0.29, 0.717) is 0 Å². The number of rotatable bonds is 5. The summed E-state index contributed by atoms with van der Waals surface area (Å²) in [6, 6.07) is 15.7. The van der Waals surface area contributed by atoms with Crippen LogP contribution in [0.1, 0.15) is 36.4 Å². The molecule has 30 heavy (non-hydrogen) atoms. The van der Waals surface area contributed by atoms with Crippen LogP contribution in [0.4, 0.5) is 0 Å². The number of carbonyl (C=O) groups is 1. The van der Waals surface area contributed by atoms with E-state index < -0.39 is 0 Å². The largest absolute Gasteiger partial charge is 0.497 e. The van der Waals surface area contributed by atoms with Gasteiger partial charge < -0.3 is 9.47 Å². The second-order valence-corrected chi connectivity index (χ2v) is 7.78. The van der Waals surface area contributed by atoms with E-state index in [1.807, 2.05) is 48.5 Å². The molecule has 4 rings (SSSR count). The van der Waals surface area contributed by atoms with Crippen LogP contribution >= 0.6 is 11.6 Å². The molecule has 2 aliphatic rings. The number of ether oxygens (including phenoxy) is 2. The number of fused-ring (bicyclic) bond motifs is 1. The summed E-state index contributed by atoms with van der Waals surface area (Å²) in [5.74, 6) is 1.51. The minimum Gasteiger partial charge on any atom is -0.497 e. The van der Waals surface area contributed by atoms with Gasteiger partial charge >= 0.3 is 0 Å². The lowest BCUT2D eigenvalue weighted by Gasteiger charge is -2.29. The van der Waals surface area contributed by atoms with Crippen LogP contribution in [0.3, 0.4) is 0 Å². The lowest BCUT2D eigenvalue weighted by Crippen LogP contribution is -2.32. The fourth-order valence-corrected chi connectivity index (χ4v) is 4.43. The zero-order valence-corrected chi connectivity index (χ0v) is 17.9. The topological polar surface area (TPSA) is 51.1 Å². The third-order valence-electron chi connectivity index (χ3n) is 5.79. The molecule has 1 saturated carbocycles. The molecule has 1 amide bonds. The lowest BCUT2D eigenvalue weighted by atomic mass is 9.77. The fraction of sp³-hybridized carbons (Fsp3) is 0.333. The summed E-state index contributed by atoms with van der Waals surface area (Å²) in [5.41, 5.74) is 4.32. The first-order chi connectivity index (χ1) is 14.6. The van der Waals surface area contributed by atoms with E-state index >= 15 is 0 Å². The van der Waals surface area contributed by atoms with Crippen molar-refractivity contribution in [3.8, 4) is 11.5 Å². The molecule has 0 saturated heterocycles. The number of methoxy groups -OCH3 is 2. The number of hydrogen-bond acceptors (Lipinski definition) is 4. The Morgan fingerprint density at radius 1 is 1.10 bits per heavy atom. The van der Waals surface area contributed by atoms with Crippen molar-refractivity contribution >= 4 is 29.3 Å². The van der Waals surface area contributed by atoms with Crippen LogP contribution in [0.25, 0.3) is 6.08 Å². The van der Waals surface area contributed by atoms with E-state index in [-0.39, 0.29) is 23.7 Å². The Hall–Kier alpha value is -2.79. The predicted octanol–water partition coefficient (Wildman–Crippen LogP) is 5.07. The minimum atomic E-state index is -0.178. The highest BCUT2D eigenvalue weighted by molar-refractivity contribution is 6.27. The third-order valence-corrected chi connectivity index (χ3v) is 6.01. The van der Waals surface area contributed by atoms with Crippen LogP contribution in [0.2, 0.25) is 0 Å². The molecule has 0 aromatic heterocycles. The Morgan fingerprint density at radius 2 is 1.73 bits per heavy atom. The maximum Gasteiger partial charge on any atom is 0.258 e. The molecule has 5 nitrogen and oxygen atoms in total. The monoisotopic (exact) mass is 424 g/mol. The van der Waals surface area contributed by atoms with Gasteiger partial charge in [0.05, 0.1) is 26.0 Å². The Morgan fingerprint density at radius 3 is 2.33 bits per heavy atom. The molecular weight excluding hydrogens is 400 g/mol. The summed E-state index contributed by atoms with van der Waals surface area (Å²) in [6.07, 6.45) is 5.16. The Bertz CT molecular complexity index is 967. The Kier molecular flexibility index (Phi) is 6.09. The zero-order chi connectivity index (χ0) is 21.1. The van der Waals surface area contributed by atoms with Gasteiger partial charge in [-0.1, -0.05) is 24.3 Å². The number of alkyl halides is 1. The van der Waals surface area contributed by atoms with Crippen LogP contribution in [0, 0.1) is 5.92 Å². The molecular formula is C24H25ClN2O3. The highest BCUT2D eigenvalue weighted by atomic mass is 35.5. The molecule has 0 radical (unpaired) electrons. The second-order valence-electron chi connectivity index (χ2n) is 7.52. The zero-order valence-electron chi connectivity index (χ0n) is 17.2. The van der Waals surface area contributed by atoms with E-state index in [9.17, 15) is 4.79 Å². The Balaban J connectivity index is 1.69. The molecule has 1 fully saturated rings. The van der Waals surface area contributed by atoms with Crippen molar-refractivity contribution < 1.29 is 14.3 Å². The minimum absolute atomic E-state index is 0.0896. The van der Waals surface area contributed by atoms with Gasteiger partial charge in [0.1, 0.15) is 17.4 Å². The van der Waals surface area contributed by atoms with Crippen LogP contribution in [0.5, 0.6) is 11.5 Å². The highest BCUT2D eigenvalue weighted by Gasteiger charge is 2.43. The normalized spacial score (nSPS) is 21.9. The first-order valence-electron chi connectivity index (χ1n) is 10.1.